The quantitative estimate of drug-likeness (QED) is 0.477. The van der Waals surface area contributed by atoms with Gasteiger partial charge in [0.15, 0.2) is 0 Å². The summed E-state index contributed by atoms with van der Waals surface area (Å²) in [5.41, 5.74) is 5.11. The zero-order valence-corrected chi connectivity index (χ0v) is 20.8. The van der Waals surface area contributed by atoms with E-state index < -0.39 is 0 Å². The summed E-state index contributed by atoms with van der Waals surface area (Å²) >= 11 is 0. The Labute approximate surface area is 159 Å². The van der Waals surface area contributed by atoms with Crippen LogP contribution in [0.1, 0.15) is 55.4 Å². The molecule has 20 heavy (non-hydrogen) atoms. The monoisotopic (exact) mass is 626 g/mol. The molecule has 0 saturated heterocycles. The first-order valence-corrected chi connectivity index (χ1v) is 6.84. The molecule has 0 atom stereocenters. The van der Waals surface area contributed by atoms with Crippen LogP contribution in [-0.2, 0) is 42.1 Å². The molecule has 0 aromatic carbocycles. The summed E-state index contributed by atoms with van der Waals surface area (Å²) in [6.45, 7) is 25.4. The van der Waals surface area contributed by atoms with E-state index in [4.69, 9.17) is 5.73 Å². The molecule has 4 heteroatoms. The van der Waals surface area contributed by atoms with Gasteiger partial charge in [-0.15, -0.1) is 13.1 Å². The van der Waals surface area contributed by atoms with Gasteiger partial charge >= 0.3 is 0 Å². The fourth-order valence-corrected chi connectivity index (χ4v) is 0.628. The first-order valence-electron chi connectivity index (χ1n) is 6.84. The maximum atomic E-state index is 5.11. The van der Waals surface area contributed by atoms with Crippen molar-refractivity contribution in [2.45, 2.75) is 67.5 Å². The van der Waals surface area contributed by atoms with Gasteiger partial charge in [0.1, 0.15) is 0 Å². The Morgan fingerprint density at radius 3 is 1.00 bits per heavy atom. The molecule has 0 heterocycles. The molecule has 2 nitrogen and oxygen atoms in total. The van der Waals surface area contributed by atoms with Crippen molar-refractivity contribution >= 4 is 0 Å². The summed E-state index contributed by atoms with van der Waals surface area (Å²) in [6, 6.07) is 0.921. The average Bonchev–Trinajstić information content (AvgIpc) is 2.20. The normalized spacial score (nSPS) is 8.10. The number of rotatable bonds is 3. The van der Waals surface area contributed by atoms with Gasteiger partial charge in [-0.2, -0.15) is 27.7 Å². The van der Waals surface area contributed by atoms with Crippen LogP contribution < -0.4 is 5.73 Å². The molecule has 0 amide bonds. The summed E-state index contributed by atoms with van der Waals surface area (Å²) in [6.07, 6.45) is 4.00. The molecule has 0 aromatic heterocycles. The SMILES string of the molecule is CC(C)N.C[CH-]C.C[CH-]C.[CH2-]CN(C[CH2-])C(C)C.[W].[W]. The van der Waals surface area contributed by atoms with Crippen LogP contribution in [0.25, 0.3) is 0 Å². The minimum atomic E-state index is 0. The Morgan fingerprint density at radius 1 is 0.850 bits per heavy atom. The van der Waals surface area contributed by atoms with Gasteiger partial charge in [-0.3, -0.25) is 0 Å². The van der Waals surface area contributed by atoms with Gasteiger partial charge in [-0.1, -0.05) is 27.7 Å². The van der Waals surface area contributed by atoms with Gasteiger partial charge in [0, 0.05) is 42.1 Å². The predicted octanol–water partition coefficient (Wildman–Crippen LogP) is 4.17. The van der Waals surface area contributed by atoms with E-state index in [0.717, 1.165) is 13.1 Å². The molecule has 2 N–H and O–H groups in total. The van der Waals surface area contributed by atoms with E-state index in [9.17, 15) is 0 Å². The van der Waals surface area contributed by atoms with E-state index >= 15 is 0 Å². The molecule has 0 rings (SSSR count). The van der Waals surface area contributed by atoms with Crippen LogP contribution in [-0.4, -0.2) is 30.1 Å². The van der Waals surface area contributed by atoms with Crippen molar-refractivity contribution in [1.82, 2.24) is 4.90 Å². The Balaban J connectivity index is -0.0000000352. The minimum absolute atomic E-state index is 0. The van der Waals surface area contributed by atoms with Crippen LogP contribution >= 0.6 is 0 Å². The van der Waals surface area contributed by atoms with Crippen molar-refractivity contribution in [3.63, 3.8) is 0 Å². The zero-order valence-electron chi connectivity index (χ0n) is 15.0. The van der Waals surface area contributed by atoms with Gasteiger partial charge in [0.25, 0.3) is 0 Å². The van der Waals surface area contributed by atoms with Crippen molar-refractivity contribution in [2.75, 3.05) is 13.1 Å². The molecule has 0 aliphatic rings. The summed E-state index contributed by atoms with van der Waals surface area (Å²) in [7, 11) is 0. The molecular formula is C16H38N2W2-4. The van der Waals surface area contributed by atoms with Crippen LogP contribution in [0, 0.1) is 26.7 Å². The predicted molar refractivity (Wildman–Crippen MR) is 88.0 cm³/mol. The van der Waals surface area contributed by atoms with E-state index in [0.29, 0.717) is 12.1 Å². The van der Waals surface area contributed by atoms with E-state index in [1.807, 2.05) is 54.4 Å². The molecule has 0 saturated carbocycles. The molecule has 0 fully saturated rings. The van der Waals surface area contributed by atoms with Crippen molar-refractivity contribution in [1.29, 1.82) is 0 Å². The Bertz CT molecular complexity index is 102. The van der Waals surface area contributed by atoms with Gasteiger partial charge in [-0.25, -0.2) is 0 Å². The molecule has 0 bridgehead atoms. The molecule has 128 valence electrons. The van der Waals surface area contributed by atoms with Crippen molar-refractivity contribution < 1.29 is 42.1 Å². The van der Waals surface area contributed by atoms with Crippen LogP contribution in [0.15, 0.2) is 0 Å². The maximum Gasteiger partial charge on any atom is 0 e. The van der Waals surface area contributed by atoms with Gasteiger partial charge in [0.2, 0.25) is 0 Å². The van der Waals surface area contributed by atoms with Crippen molar-refractivity contribution in [3.05, 3.63) is 26.7 Å². The van der Waals surface area contributed by atoms with Crippen LogP contribution in [0.2, 0.25) is 0 Å². The van der Waals surface area contributed by atoms with Gasteiger partial charge in [0.05, 0.1) is 0 Å². The number of hydrogen-bond donors (Lipinski definition) is 1. The number of hydrogen-bond acceptors (Lipinski definition) is 2. The van der Waals surface area contributed by atoms with Crippen LogP contribution in [0.5, 0.6) is 0 Å². The molecule has 0 spiro atoms. The second kappa shape index (κ2) is 37.0. The molecule has 0 unspecified atom stereocenters. The van der Waals surface area contributed by atoms with Crippen molar-refractivity contribution in [3.8, 4) is 0 Å². The second-order valence-electron chi connectivity index (χ2n) is 4.53. The summed E-state index contributed by atoms with van der Waals surface area (Å²) in [5, 5.41) is 0. The fourth-order valence-electron chi connectivity index (χ4n) is 0.628. The Hall–Kier alpha value is 1.30. The second-order valence-corrected chi connectivity index (χ2v) is 4.53. The number of nitrogens with two attached hydrogens (primary N) is 1. The largest absolute Gasteiger partial charge is 0.360 e. The average molecular weight is 626 g/mol. The van der Waals surface area contributed by atoms with Crippen molar-refractivity contribution in [2.24, 2.45) is 5.73 Å². The molecular weight excluding hydrogens is 588 g/mol. The van der Waals surface area contributed by atoms with Crippen LogP contribution in [0.3, 0.4) is 0 Å². The summed E-state index contributed by atoms with van der Waals surface area (Å²) in [5.74, 6) is 0. The van der Waals surface area contributed by atoms with E-state index in [1.165, 1.54) is 0 Å². The maximum absolute atomic E-state index is 5.11. The summed E-state index contributed by atoms with van der Waals surface area (Å²) < 4.78 is 0. The van der Waals surface area contributed by atoms with Crippen LogP contribution in [0.4, 0.5) is 0 Å². The third kappa shape index (κ3) is 74.7. The minimum Gasteiger partial charge on any atom is -0.360 e. The van der Waals surface area contributed by atoms with E-state index in [2.05, 4.69) is 32.6 Å². The van der Waals surface area contributed by atoms with Gasteiger partial charge < -0.3 is 37.3 Å². The smallest absolute Gasteiger partial charge is 0 e. The first-order chi connectivity index (χ1) is 8.28. The zero-order chi connectivity index (χ0) is 15.6. The standard InChI is InChI=1S/C7H15N.C3H9N.2C3H7.2W/c1-5-8(6-2)7(3)4;1-3(2)4;2*1-3-2;;/h7H,1-2,5-6H2,3-4H3;3H,4H2,1-2H3;2*3H,1-2H3;;/q-2;;2*-1;;. The summed E-state index contributed by atoms with van der Waals surface area (Å²) in [4.78, 5) is 2.19. The molecule has 0 radical (unpaired) electrons. The molecule has 0 aromatic rings. The Morgan fingerprint density at radius 2 is 1.00 bits per heavy atom. The Kier molecular flexibility index (Phi) is 69.3. The third-order valence-electron chi connectivity index (χ3n) is 1.30. The van der Waals surface area contributed by atoms with E-state index in [-0.39, 0.29) is 42.1 Å². The van der Waals surface area contributed by atoms with E-state index in [1.54, 1.807) is 0 Å². The molecule has 0 aliphatic heterocycles. The third-order valence-corrected chi connectivity index (χ3v) is 1.30. The topological polar surface area (TPSA) is 29.3 Å². The first kappa shape index (κ1) is 37.5. The van der Waals surface area contributed by atoms with Gasteiger partial charge in [-0.05, 0) is 12.1 Å². The molecule has 0 aliphatic carbocycles. The number of nitrogens with zero attached hydrogens (tertiary/aromatic N) is 1. The fraction of sp³-hybridized carbons (Fsp3) is 0.750.